The third-order valence-corrected chi connectivity index (χ3v) is 3.00. The molecule has 0 fully saturated rings. The maximum absolute atomic E-state index is 12.2. The Morgan fingerprint density at radius 1 is 1.06 bits per heavy atom. The van der Waals surface area contributed by atoms with Crippen LogP contribution in [0.5, 0.6) is 0 Å². The zero-order valence-corrected chi connectivity index (χ0v) is 10.5. The van der Waals surface area contributed by atoms with Crippen LogP contribution in [-0.4, -0.2) is 23.8 Å². The highest BCUT2D eigenvalue weighted by Gasteiger charge is 2.38. The molecule has 0 spiro atoms. The number of imide groups is 1. The Bertz CT molecular complexity index is 539. The summed E-state index contributed by atoms with van der Waals surface area (Å²) in [6.07, 6.45) is 0. The van der Waals surface area contributed by atoms with E-state index >= 15 is 0 Å². The summed E-state index contributed by atoms with van der Waals surface area (Å²) in [5.74, 6) is -0.939. The minimum Gasteiger partial charge on any atom is -0.298 e. The quantitative estimate of drug-likeness (QED) is 0.693. The molecule has 2 rings (SSSR count). The SMILES string of the molecule is CC(=O)N1C(=O)[C@@H](C)N(C(C)=O)c2ccccc21. The lowest BCUT2D eigenvalue weighted by Gasteiger charge is -2.38. The van der Waals surface area contributed by atoms with E-state index in [9.17, 15) is 14.4 Å². The molecule has 94 valence electrons. The zero-order chi connectivity index (χ0) is 13.4. The lowest BCUT2D eigenvalue weighted by atomic mass is 10.1. The fourth-order valence-corrected chi connectivity index (χ4v) is 2.25. The van der Waals surface area contributed by atoms with Gasteiger partial charge in [-0.3, -0.25) is 19.3 Å². The van der Waals surface area contributed by atoms with Gasteiger partial charge in [-0.05, 0) is 19.1 Å². The number of carbonyl (C=O) groups is 3. The van der Waals surface area contributed by atoms with Gasteiger partial charge in [-0.15, -0.1) is 0 Å². The van der Waals surface area contributed by atoms with E-state index < -0.39 is 6.04 Å². The van der Waals surface area contributed by atoms with Crippen molar-refractivity contribution in [1.29, 1.82) is 0 Å². The first-order chi connectivity index (χ1) is 8.45. The van der Waals surface area contributed by atoms with Gasteiger partial charge in [-0.2, -0.15) is 0 Å². The summed E-state index contributed by atoms with van der Waals surface area (Å²) in [6.45, 7) is 4.37. The van der Waals surface area contributed by atoms with Crippen LogP contribution in [0.15, 0.2) is 24.3 Å². The predicted octanol–water partition coefficient (Wildman–Crippen LogP) is 1.32. The van der Waals surface area contributed by atoms with Crippen molar-refractivity contribution in [3.05, 3.63) is 24.3 Å². The highest BCUT2D eigenvalue weighted by Crippen LogP contribution is 2.35. The summed E-state index contributed by atoms with van der Waals surface area (Å²) in [6, 6.07) is 6.24. The van der Waals surface area contributed by atoms with Gasteiger partial charge in [0.1, 0.15) is 6.04 Å². The predicted molar refractivity (Wildman–Crippen MR) is 67.2 cm³/mol. The van der Waals surface area contributed by atoms with Gasteiger partial charge >= 0.3 is 0 Å². The molecule has 0 radical (unpaired) electrons. The van der Waals surface area contributed by atoms with Crippen molar-refractivity contribution >= 4 is 29.1 Å². The van der Waals surface area contributed by atoms with Crippen LogP contribution < -0.4 is 9.80 Å². The average molecular weight is 246 g/mol. The molecule has 0 saturated heterocycles. The molecule has 5 nitrogen and oxygen atoms in total. The lowest BCUT2D eigenvalue weighted by Crippen LogP contribution is -2.55. The summed E-state index contributed by atoms with van der Waals surface area (Å²) < 4.78 is 0. The number of nitrogens with zero attached hydrogens (tertiary/aromatic N) is 2. The third kappa shape index (κ3) is 1.68. The monoisotopic (exact) mass is 246 g/mol. The van der Waals surface area contributed by atoms with E-state index in [1.807, 2.05) is 0 Å². The summed E-state index contributed by atoms with van der Waals surface area (Å²) in [5.41, 5.74) is 1.05. The van der Waals surface area contributed by atoms with Gasteiger partial charge in [0.15, 0.2) is 0 Å². The number of hydrogen-bond donors (Lipinski definition) is 0. The Kier molecular flexibility index (Phi) is 2.90. The van der Waals surface area contributed by atoms with E-state index in [1.54, 1.807) is 31.2 Å². The van der Waals surface area contributed by atoms with E-state index in [0.717, 1.165) is 4.90 Å². The lowest BCUT2D eigenvalue weighted by molar-refractivity contribution is -0.128. The number of benzene rings is 1. The van der Waals surface area contributed by atoms with Gasteiger partial charge in [0.25, 0.3) is 5.91 Å². The fraction of sp³-hybridized carbons (Fsp3) is 0.308. The molecule has 1 aliphatic rings. The minimum absolute atomic E-state index is 0.216. The number of para-hydroxylation sites is 2. The molecule has 0 unspecified atom stereocenters. The number of carbonyl (C=O) groups excluding carboxylic acids is 3. The van der Waals surface area contributed by atoms with Crippen LogP contribution in [0.1, 0.15) is 20.8 Å². The first-order valence-corrected chi connectivity index (χ1v) is 5.68. The Hall–Kier alpha value is -2.17. The molecule has 3 amide bonds. The summed E-state index contributed by atoms with van der Waals surface area (Å²) in [5, 5.41) is 0. The first-order valence-electron chi connectivity index (χ1n) is 5.68. The largest absolute Gasteiger partial charge is 0.298 e. The van der Waals surface area contributed by atoms with Crippen LogP contribution in [-0.2, 0) is 14.4 Å². The van der Waals surface area contributed by atoms with Crippen molar-refractivity contribution in [3.63, 3.8) is 0 Å². The average Bonchev–Trinajstić information content (AvgIpc) is 2.29. The number of rotatable bonds is 0. The highest BCUT2D eigenvalue weighted by molar-refractivity contribution is 6.23. The van der Waals surface area contributed by atoms with Crippen molar-refractivity contribution < 1.29 is 14.4 Å². The van der Waals surface area contributed by atoms with Gasteiger partial charge in [0, 0.05) is 13.8 Å². The number of amides is 3. The molecule has 1 heterocycles. The molecule has 1 aromatic rings. The summed E-state index contributed by atoms with van der Waals surface area (Å²) in [7, 11) is 0. The van der Waals surface area contributed by atoms with Gasteiger partial charge in [0.05, 0.1) is 11.4 Å². The Morgan fingerprint density at radius 2 is 1.61 bits per heavy atom. The van der Waals surface area contributed by atoms with Crippen molar-refractivity contribution in [2.75, 3.05) is 9.80 Å². The van der Waals surface area contributed by atoms with Crippen molar-refractivity contribution in [2.24, 2.45) is 0 Å². The third-order valence-electron chi connectivity index (χ3n) is 3.00. The van der Waals surface area contributed by atoms with Crippen molar-refractivity contribution in [1.82, 2.24) is 0 Å². The van der Waals surface area contributed by atoms with Gasteiger partial charge in [-0.25, -0.2) is 4.90 Å². The van der Waals surface area contributed by atoms with Gasteiger partial charge < -0.3 is 0 Å². The van der Waals surface area contributed by atoms with Crippen LogP contribution in [0.25, 0.3) is 0 Å². The Labute approximate surface area is 105 Å². The van der Waals surface area contributed by atoms with Crippen molar-refractivity contribution in [2.45, 2.75) is 26.8 Å². The molecule has 0 saturated carbocycles. The van der Waals surface area contributed by atoms with Crippen LogP contribution in [0.2, 0.25) is 0 Å². The number of anilines is 2. The molecule has 0 bridgehead atoms. The van der Waals surface area contributed by atoms with E-state index in [1.165, 1.54) is 18.7 Å². The van der Waals surface area contributed by atoms with Crippen LogP contribution in [0.3, 0.4) is 0 Å². The van der Waals surface area contributed by atoms with Crippen molar-refractivity contribution in [3.8, 4) is 0 Å². The maximum Gasteiger partial charge on any atom is 0.256 e. The minimum atomic E-state index is -0.665. The molecule has 1 atom stereocenters. The second kappa shape index (κ2) is 4.25. The second-order valence-corrected chi connectivity index (χ2v) is 4.25. The smallest absolute Gasteiger partial charge is 0.256 e. The number of fused-ring (bicyclic) bond motifs is 1. The summed E-state index contributed by atoms with van der Waals surface area (Å²) >= 11 is 0. The molecule has 0 N–H and O–H groups in total. The van der Waals surface area contributed by atoms with E-state index in [2.05, 4.69) is 0 Å². The molecule has 1 aliphatic heterocycles. The second-order valence-electron chi connectivity index (χ2n) is 4.25. The molecular formula is C13H14N2O3. The van der Waals surface area contributed by atoms with Crippen LogP contribution >= 0.6 is 0 Å². The van der Waals surface area contributed by atoms with Gasteiger partial charge in [-0.1, -0.05) is 12.1 Å². The summed E-state index contributed by atoms with van der Waals surface area (Å²) in [4.78, 5) is 38.0. The molecule has 0 aromatic heterocycles. The molecular weight excluding hydrogens is 232 g/mol. The maximum atomic E-state index is 12.2. The van der Waals surface area contributed by atoms with E-state index in [4.69, 9.17) is 0 Å². The molecule has 5 heteroatoms. The first kappa shape index (κ1) is 12.3. The Morgan fingerprint density at radius 3 is 2.11 bits per heavy atom. The Balaban J connectivity index is 2.66. The van der Waals surface area contributed by atoms with Crippen LogP contribution in [0, 0.1) is 0 Å². The van der Waals surface area contributed by atoms with E-state index in [-0.39, 0.29) is 17.7 Å². The number of hydrogen-bond acceptors (Lipinski definition) is 3. The molecule has 1 aromatic carbocycles. The molecule has 18 heavy (non-hydrogen) atoms. The zero-order valence-electron chi connectivity index (χ0n) is 10.5. The standard InChI is InChI=1S/C13H14N2O3/c1-8-13(18)15(10(3)17)12-7-5-4-6-11(12)14(8)9(2)16/h4-8H,1-3H3/t8-/m1/s1. The topological polar surface area (TPSA) is 57.7 Å². The van der Waals surface area contributed by atoms with E-state index in [0.29, 0.717) is 11.4 Å². The van der Waals surface area contributed by atoms with Gasteiger partial charge in [0.2, 0.25) is 11.8 Å². The van der Waals surface area contributed by atoms with Crippen LogP contribution in [0.4, 0.5) is 11.4 Å². The molecule has 0 aliphatic carbocycles. The highest BCUT2D eigenvalue weighted by atomic mass is 16.2. The normalized spacial score (nSPS) is 18.6. The fourth-order valence-electron chi connectivity index (χ4n) is 2.25.